The predicted octanol–water partition coefficient (Wildman–Crippen LogP) is 1.85. The summed E-state index contributed by atoms with van der Waals surface area (Å²) in [7, 11) is -2.88. The van der Waals surface area contributed by atoms with Crippen molar-refractivity contribution in [2.45, 2.75) is 25.4 Å². The number of benzene rings is 1. The molecule has 0 spiro atoms. The van der Waals surface area contributed by atoms with E-state index in [0.717, 1.165) is 12.0 Å². The van der Waals surface area contributed by atoms with Crippen LogP contribution in [0.3, 0.4) is 0 Å². The number of sulfone groups is 1. The Kier molecular flexibility index (Phi) is 5.07. The molecule has 2 unspecified atom stereocenters. The van der Waals surface area contributed by atoms with E-state index in [4.69, 9.17) is 17.3 Å². The average molecular weight is 317 g/mol. The van der Waals surface area contributed by atoms with Crippen LogP contribution in [0.1, 0.15) is 24.9 Å². The second-order valence-electron chi connectivity index (χ2n) is 5.26. The molecule has 4 nitrogen and oxygen atoms in total. The lowest BCUT2D eigenvalue weighted by Gasteiger charge is -2.37. The molecule has 20 heavy (non-hydrogen) atoms. The molecule has 1 saturated heterocycles. The molecule has 0 saturated carbocycles. The number of hydrogen-bond acceptors (Lipinski definition) is 4. The summed E-state index contributed by atoms with van der Waals surface area (Å²) in [5.41, 5.74) is 7.32. The molecule has 1 aromatic rings. The minimum absolute atomic E-state index is 0.0224. The summed E-state index contributed by atoms with van der Waals surface area (Å²) < 4.78 is 23.1. The first kappa shape index (κ1) is 15.8. The topological polar surface area (TPSA) is 63.4 Å². The first-order valence-electron chi connectivity index (χ1n) is 6.88. The molecule has 0 aromatic heterocycles. The fourth-order valence-corrected chi connectivity index (χ4v) is 4.08. The SMILES string of the molecule is CCC(N)C(c1cccc(Cl)c1)N1CCS(=O)(=O)CC1. The van der Waals surface area contributed by atoms with Gasteiger partial charge in [-0.05, 0) is 24.1 Å². The van der Waals surface area contributed by atoms with Gasteiger partial charge in [-0.2, -0.15) is 0 Å². The number of hydrogen-bond donors (Lipinski definition) is 1. The molecule has 2 N–H and O–H groups in total. The quantitative estimate of drug-likeness (QED) is 0.920. The summed E-state index contributed by atoms with van der Waals surface area (Å²) in [6, 6.07) is 7.66. The van der Waals surface area contributed by atoms with Crippen LogP contribution in [0.4, 0.5) is 0 Å². The summed E-state index contributed by atoms with van der Waals surface area (Å²) in [5, 5.41) is 0.681. The molecule has 1 fully saturated rings. The van der Waals surface area contributed by atoms with Gasteiger partial charge in [0, 0.05) is 30.2 Å². The highest BCUT2D eigenvalue weighted by Gasteiger charge is 2.31. The largest absolute Gasteiger partial charge is 0.326 e. The van der Waals surface area contributed by atoms with Gasteiger partial charge in [0.2, 0.25) is 0 Å². The van der Waals surface area contributed by atoms with Gasteiger partial charge >= 0.3 is 0 Å². The van der Waals surface area contributed by atoms with Crippen LogP contribution in [0.2, 0.25) is 5.02 Å². The van der Waals surface area contributed by atoms with E-state index in [2.05, 4.69) is 4.90 Å². The van der Waals surface area contributed by atoms with Crippen molar-refractivity contribution in [1.82, 2.24) is 4.90 Å². The zero-order chi connectivity index (χ0) is 14.8. The third-order valence-electron chi connectivity index (χ3n) is 3.84. The Hall–Kier alpha value is -0.620. The van der Waals surface area contributed by atoms with Gasteiger partial charge in [0.25, 0.3) is 0 Å². The Morgan fingerprint density at radius 3 is 2.55 bits per heavy atom. The van der Waals surface area contributed by atoms with Crippen LogP contribution in [0.15, 0.2) is 24.3 Å². The summed E-state index contributed by atoms with van der Waals surface area (Å²) >= 11 is 6.07. The van der Waals surface area contributed by atoms with Crippen LogP contribution in [0, 0.1) is 0 Å². The van der Waals surface area contributed by atoms with Crippen molar-refractivity contribution in [2.24, 2.45) is 5.73 Å². The third kappa shape index (κ3) is 3.73. The summed E-state index contributed by atoms with van der Waals surface area (Å²) in [4.78, 5) is 2.17. The van der Waals surface area contributed by atoms with Gasteiger partial charge in [0.15, 0.2) is 9.84 Å². The van der Waals surface area contributed by atoms with Gasteiger partial charge in [-0.15, -0.1) is 0 Å². The summed E-state index contributed by atoms with van der Waals surface area (Å²) in [6.45, 7) is 3.11. The fourth-order valence-electron chi connectivity index (χ4n) is 2.65. The van der Waals surface area contributed by atoms with E-state index in [1.807, 2.05) is 31.2 Å². The van der Waals surface area contributed by atoms with E-state index in [1.54, 1.807) is 0 Å². The van der Waals surface area contributed by atoms with Gasteiger partial charge in [0.1, 0.15) is 0 Å². The van der Waals surface area contributed by atoms with Gasteiger partial charge in [-0.3, -0.25) is 4.90 Å². The average Bonchev–Trinajstić information content (AvgIpc) is 2.41. The van der Waals surface area contributed by atoms with Crippen LogP contribution in [-0.2, 0) is 9.84 Å². The van der Waals surface area contributed by atoms with Crippen molar-refractivity contribution in [2.75, 3.05) is 24.6 Å². The van der Waals surface area contributed by atoms with Gasteiger partial charge in [-0.25, -0.2) is 8.42 Å². The molecule has 2 atom stereocenters. The van der Waals surface area contributed by atoms with Gasteiger partial charge < -0.3 is 5.73 Å². The highest BCUT2D eigenvalue weighted by atomic mass is 35.5. The Labute approximate surface area is 125 Å². The Balaban J connectivity index is 2.25. The van der Waals surface area contributed by atoms with Crippen LogP contribution in [0.25, 0.3) is 0 Å². The molecular weight excluding hydrogens is 296 g/mol. The normalized spacial score (nSPS) is 22.4. The fraction of sp³-hybridized carbons (Fsp3) is 0.571. The highest BCUT2D eigenvalue weighted by Crippen LogP contribution is 2.28. The first-order valence-corrected chi connectivity index (χ1v) is 9.08. The Bertz CT molecular complexity index is 548. The number of halogens is 1. The van der Waals surface area contributed by atoms with Crippen molar-refractivity contribution in [3.8, 4) is 0 Å². The van der Waals surface area contributed by atoms with Gasteiger partial charge in [0.05, 0.1) is 11.5 Å². The molecular formula is C14H21ClN2O2S. The second-order valence-corrected chi connectivity index (χ2v) is 8.00. The molecule has 1 aromatic carbocycles. The predicted molar refractivity (Wildman–Crippen MR) is 82.7 cm³/mol. The van der Waals surface area contributed by atoms with E-state index < -0.39 is 9.84 Å². The minimum atomic E-state index is -2.88. The van der Waals surface area contributed by atoms with Gasteiger partial charge in [-0.1, -0.05) is 30.7 Å². The molecule has 2 rings (SSSR count). The lowest BCUT2D eigenvalue weighted by molar-refractivity contribution is 0.183. The lowest BCUT2D eigenvalue weighted by atomic mass is 9.96. The van der Waals surface area contributed by atoms with E-state index in [1.165, 1.54) is 0 Å². The molecule has 0 aliphatic carbocycles. The molecule has 6 heteroatoms. The smallest absolute Gasteiger partial charge is 0.152 e. The van der Waals surface area contributed by atoms with Crippen LogP contribution in [-0.4, -0.2) is 44.0 Å². The second kappa shape index (κ2) is 6.43. The monoisotopic (exact) mass is 316 g/mol. The van der Waals surface area contributed by atoms with Crippen LogP contribution < -0.4 is 5.73 Å². The van der Waals surface area contributed by atoms with Crippen molar-refractivity contribution >= 4 is 21.4 Å². The van der Waals surface area contributed by atoms with Crippen LogP contribution >= 0.6 is 11.6 Å². The maximum atomic E-state index is 11.6. The van der Waals surface area contributed by atoms with E-state index in [9.17, 15) is 8.42 Å². The maximum Gasteiger partial charge on any atom is 0.152 e. The number of nitrogens with two attached hydrogens (primary N) is 1. The summed E-state index contributed by atoms with van der Waals surface area (Å²) in [6.07, 6.45) is 0.834. The van der Waals surface area contributed by atoms with Crippen molar-refractivity contribution in [3.63, 3.8) is 0 Å². The molecule has 1 aliphatic heterocycles. The zero-order valence-electron chi connectivity index (χ0n) is 11.6. The molecule has 1 aliphatic rings. The number of nitrogens with zero attached hydrogens (tertiary/aromatic N) is 1. The Morgan fingerprint density at radius 2 is 2.00 bits per heavy atom. The molecule has 0 radical (unpaired) electrons. The zero-order valence-corrected chi connectivity index (χ0v) is 13.2. The highest BCUT2D eigenvalue weighted by molar-refractivity contribution is 7.91. The third-order valence-corrected chi connectivity index (χ3v) is 5.68. The summed E-state index contributed by atoms with van der Waals surface area (Å²) in [5.74, 6) is 0.418. The van der Waals surface area contributed by atoms with Crippen molar-refractivity contribution in [1.29, 1.82) is 0 Å². The van der Waals surface area contributed by atoms with E-state index in [0.29, 0.717) is 18.1 Å². The molecule has 1 heterocycles. The van der Waals surface area contributed by atoms with Crippen LogP contribution in [0.5, 0.6) is 0 Å². The molecule has 112 valence electrons. The maximum absolute atomic E-state index is 11.6. The van der Waals surface area contributed by atoms with E-state index >= 15 is 0 Å². The van der Waals surface area contributed by atoms with Crippen molar-refractivity contribution in [3.05, 3.63) is 34.9 Å². The van der Waals surface area contributed by atoms with Crippen molar-refractivity contribution < 1.29 is 8.42 Å². The standard InChI is InChI=1S/C14H21ClN2O2S/c1-2-13(16)14(11-4-3-5-12(15)10-11)17-6-8-20(18,19)9-7-17/h3-5,10,13-14H,2,6-9,16H2,1H3. The van der Waals surface area contributed by atoms with E-state index in [-0.39, 0.29) is 23.6 Å². The minimum Gasteiger partial charge on any atom is -0.326 e. The number of rotatable bonds is 4. The Morgan fingerprint density at radius 1 is 1.35 bits per heavy atom. The first-order chi connectivity index (χ1) is 9.43. The lowest BCUT2D eigenvalue weighted by Crippen LogP contribution is -2.48. The molecule has 0 amide bonds. The molecule has 0 bridgehead atoms.